The van der Waals surface area contributed by atoms with Gasteiger partial charge in [0.15, 0.2) is 0 Å². The van der Waals surface area contributed by atoms with Crippen LogP contribution in [0.4, 0.5) is 0 Å². The van der Waals surface area contributed by atoms with Gasteiger partial charge in [0.1, 0.15) is 5.75 Å². The lowest BCUT2D eigenvalue weighted by molar-refractivity contribution is -0.378. The van der Waals surface area contributed by atoms with E-state index in [0.29, 0.717) is 6.54 Å². The molecule has 0 radical (unpaired) electrons. The summed E-state index contributed by atoms with van der Waals surface area (Å²) in [5, 5.41) is 18.6. The summed E-state index contributed by atoms with van der Waals surface area (Å²) in [6, 6.07) is 7.45. The Bertz CT molecular complexity index is 309. The van der Waals surface area contributed by atoms with E-state index in [0.717, 1.165) is 11.3 Å². The molecule has 0 aliphatic heterocycles. The van der Waals surface area contributed by atoms with Crippen LogP contribution in [0.1, 0.15) is 5.56 Å². The first kappa shape index (κ1) is 14.9. The largest absolute Gasteiger partial charge is 0.497 e. The molecule has 0 saturated heterocycles. The van der Waals surface area contributed by atoms with Gasteiger partial charge in [-0.1, -0.05) is 17.4 Å². The molecule has 1 aromatic carbocycles. The van der Waals surface area contributed by atoms with E-state index in [2.05, 4.69) is 0 Å². The normalized spacial score (nSPS) is 10.9. The summed E-state index contributed by atoms with van der Waals surface area (Å²) in [6.45, 7) is 0.482. The third-order valence-electron chi connectivity index (χ3n) is 2.12. The van der Waals surface area contributed by atoms with Crippen molar-refractivity contribution in [1.82, 2.24) is 5.23 Å². The third-order valence-corrected chi connectivity index (χ3v) is 2.12. The fourth-order valence-electron chi connectivity index (χ4n) is 1.29. The Morgan fingerprint density at radius 3 is 2.00 bits per heavy atom. The number of hydroxylamine groups is 2. The second-order valence-corrected chi connectivity index (χ2v) is 3.45. The van der Waals surface area contributed by atoms with Crippen molar-refractivity contribution in [2.45, 2.75) is 6.54 Å². The molecule has 0 bridgehead atoms. The van der Waals surface area contributed by atoms with Crippen LogP contribution in [-0.4, -0.2) is 49.0 Å². The molecule has 0 aromatic heterocycles. The maximum Gasteiger partial charge on any atom is 0.118 e. The van der Waals surface area contributed by atoms with E-state index < -0.39 is 0 Å². The summed E-state index contributed by atoms with van der Waals surface area (Å²) in [6.07, 6.45) is 0. The number of hydrogen-bond acceptors (Lipinski definition) is 6. The number of rotatable bonds is 9. The highest BCUT2D eigenvalue weighted by Crippen LogP contribution is 2.13. The second kappa shape index (κ2) is 8.84. The summed E-state index contributed by atoms with van der Waals surface area (Å²) in [4.78, 5) is 10.3. The van der Waals surface area contributed by atoms with Crippen LogP contribution in [0.2, 0.25) is 0 Å². The topological polar surface area (TPSA) is 71.4 Å². The minimum Gasteiger partial charge on any atom is -0.497 e. The Balaban J connectivity index is 2.51. The molecule has 18 heavy (non-hydrogen) atoms. The average molecular weight is 257 g/mol. The molecule has 6 nitrogen and oxygen atoms in total. The van der Waals surface area contributed by atoms with Crippen molar-refractivity contribution in [1.29, 1.82) is 0 Å². The maximum absolute atomic E-state index is 8.70. The third kappa shape index (κ3) is 5.44. The van der Waals surface area contributed by atoms with Gasteiger partial charge in [-0.2, -0.15) is 0 Å². The standard InChI is InChI=1S/C12H19NO5/c1-16-12-4-2-11(3-5-12)10-13(17-8-6-14)18-9-7-15/h2-5,14-15H,6-10H2,1H3. The Labute approximate surface area is 106 Å². The molecule has 0 aliphatic rings. The van der Waals surface area contributed by atoms with Gasteiger partial charge in [-0.25, -0.2) is 0 Å². The Kier molecular flexibility index (Phi) is 7.31. The lowest BCUT2D eigenvalue weighted by Crippen LogP contribution is -2.27. The Hall–Kier alpha value is -1.18. The number of aliphatic hydroxyl groups excluding tert-OH is 2. The van der Waals surface area contributed by atoms with E-state index in [9.17, 15) is 0 Å². The molecule has 0 fully saturated rings. The highest BCUT2D eigenvalue weighted by molar-refractivity contribution is 5.26. The van der Waals surface area contributed by atoms with Gasteiger partial charge in [-0.15, -0.1) is 0 Å². The van der Waals surface area contributed by atoms with Gasteiger partial charge < -0.3 is 14.9 Å². The van der Waals surface area contributed by atoms with Gasteiger partial charge >= 0.3 is 0 Å². The van der Waals surface area contributed by atoms with Gasteiger partial charge in [0, 0.05) is 0 Å². The molecule has 0 amide bonds. The molecular weight excluding hydrogens is 238 g/mol. The van der Waals surface area contributed by atoms with Crippen LogP contribution in [0, 0.1) is 0 Å². The van der Waals surface area contributed by atoms with E-state index >= 15 is 0 Å². The van der Waals surface area contributed by atoms with Crippen LogP contribution in [0.15, 0.2) is 24.3 Å². The maximum atomic E-state index is 8.70. The van der Waals surface area contributed by atoms with Gasteiger partial charge in [-0.3, -0.25) is 9.68 Å². The van der Waals surface area contributed by atoms with Crippen molar-refractivity contribution in [2.75, 3.05) is 33.5 Å². The van der Waals surface area contributed by atoms with Crippen LogP contribution >= 0.6 is 0 Å². The zero-order valence-corrected chi connectivity index (χ0v) is 10.4. The minimum absolute atomic E-state index is 0.0956. The number of benzene rings is 1. The fraction of sp³-hybridized carbons (Fsp3) is 0.500. The van der Waals surface area contributed by atoms with E-state index in [4.69, 9.17) is 24.6 Å². The van der Waals surface area contributed by atoms with Crippen molar-refractivity contribution < 1.29 is 24.6 Å². The summed E-state index contributed by atoms with van der Waals surface area (Å²) in [5.41, 5.74) is 0.965. The minimum atomic E-state index is -0.0956. The van der Waals surface area contributed by atoms with E-state index in [-0.39, 0.29) is 26.4 Å². The fourth-order valence-corrected chi connectivity index (χ4v) is 1.29. The van der Waals surface area contributed by atoms with Crippen molar-refractivity contribution in [2.24, 2.45) is 0 Å². The summed E-state index contributed by atoms with van der Waals surface area (Å²) >= 11 is 0. The summed E-state index contributed by atoms with van der Waals surface area (Å²) in [7, 11) is 1.61. The van der Waals surface area contributed by atoms with Crippen molar-refractivity contribution in [3.63, 3.8) is 0 Å². The molecule has 0 saturated carbocycles. The zero-order valence-electron chi connectivity index (χ0n) is 10.4. The number of methoxy groups -OCH3 is 1. The molecule has 6 heteroatoms. The summed E-state index contributed by atoms with van der Waals surface area (Å²) < 4.78 is 5.06. The molecular formula is C12H19NO5. The summed E-state index contributed by atoms with van der Waals surface area (Å²) in [5.74, 6) is 0.776. The molecule has 0 aliphatic carbocycles. The second-order valence-electron chi connectivity index (χ2n) is 3.45. The molecule has 1 rings (SSSR count). The van der Waals surface area contributed by atoms with Crippen molar-refractivity contribution in [3.05, 3.63) is 29.8 Å². The van der Waals surface area contributed by atoms with E-state index in [1.54, 1.807) is 7.11 Å². The average Bonchev–Trinajstić information content (AvgIpc) is 2.42. The quantitative estimate of drug-likeness (QED) is 0.622. The predicted molar refractivity (Wildman–Crippen MR) is 64.6 cm³/mol. The number of nitrogens with zero attached hydrogens (tertiary/aromatic N) is 1. The monoisotopic (exact) mass is 257 g/mol. The van der Waals surface area contributed by atoms with Gasteiger partial charge in [0.25, 0.3) is 0 Å². The molecule has 1 aromatic rings. The first-order chi connectivity index (χ1) is 8.80. The lowest BCUT2D eigenvalue weighted by Gasteiger charge is -2.20. The first-order valence-electron chi connectivity index (χ1n) is 5.68. The number of aliphatic hydroxyl groups is 2. The van der Waals surface area contributed by atoms with Crippen LogP contribution in [0.5, 0.6) is 5.75 Å². The van der Waals surface area contributed by atoms with Crippen molar-refractivity contribution in [3.8, 4) is 5.75 Å². The van der Waals surface area contributed by atoms with E-state index in [1.165, 1.54) is 5.23 Å². The number of ether oxygens (including phenoxy) is 1. The lowest BCUT2D eigenvalue weighted by atomic mass is 10.2. The highest BCUT2D eigenvalue weighted by atomic mass is 16.9. The van der Waals surface area contributed by atoms with Crippen LogP contribution in [0.3, 0.4) is 0 Å². The zero-order chi connectivity index (χ0) is 13.2. The molecule has 102 valence electrons. The smallest absolute Gasteiger partial charge is 0.118 e. The Morgan fingerprint density at radius 1 is 1.00 bits per heavy atom. The van der Waals surface area contributed by atoms with Crippen LogP contribution in [0.25, 0.3) is 0 Å². The van der Waals surface area contributed by atoms with E-state index in [1.807, 2.05) is 24.3 Å². The van der Waals surface area contributed by atoms with Crippen LogP contribution < -0.4 is 4.74 Å². The number of hydrogen-bond donors (Lipinski definition) is 2. The SMILES string of the molecule is COc1ccc(CN(OCCO)OCCO)cc1. The van der Waals surface area contributed by atoms with Gasteiger partial charge in [0.2, 0.25) is 0 Å². The predicted octanol–water partition coefficient (Wildman–Crippen LogP) is 0.345. The Morgan fingerprint density at radius 2 is 1.56 bits per heavy atom. The van der Waals surface area contributed by atoms with Gasteiger partial charge in [-0.05, 0) is 17.7 Å². The molecule has 2 N–H and O–H groups in total. The van der Waals surface area contributed by atoms with Crippen LogP contribution in [-0.2, 0) is 16.2 Å². The molecule has 0 heterocycles. The van der Waals surface area contributed by atoms with Gasteiger partial charge in [0.05, 0.1) is 40.1 Å². The highest BCUT2D eigenvalue weighted by Gasteiger charge is 2.07. The first-order valence-corrected chi connectivity index (χ1v) is 5.68. The molecule has 0 atom stereocenters. The molecule has 0 unspecified atom stereocenters. The van der Waals surface area contributed by atoms with Crippen molar-refractivity contribution >= 4 is 0 Å². The molecule has 0 spiro atoms.